The quantitative estimate of drug-likeness (QED) is 0.626. The topological polar surface area (TPSA) is 38.5 Å². The lowest BCUT2D eigenvalue weighted by molar-refractivity contribution is 0.268. The monoisotopic (exact) mass is 155 g/mol. The van der Waals surface area contributed by atoms with Gasteiger partial charge in [-0.15, -0.1) is 0 Å². The third-order valence-corrected chi connectivity index (χ3v) is 3.03. The Balaban J connectivity index is 1.82. The number of hydrogen-bond donors (Lipinski definition) is 1. The molecule has 0 aromatic heterocycles. The molecule has 0 amide bonds. The molecule has 1 aliphatic carbocycles. The van der Waals surface area contributed by atoms with Crippen LogP contribution in [-0.4, -0.2) is 18.2 Å². The van der Waals surface area contributed by atoms with E-state index < -0.39 is 0 Å². The van der Waals surface area contributed by atoms with Gasteiger partial charge in [-0.3, -0.25) is 0 Å². The molecule has 0 bridgehead atoms. The second-order valence-corrected chi connectivity index (χ2v) is 3.81. The van der Waals surface area contributed by atoms with Gasteiger partial charge in [0.15, 0.2) is 0 Å². The molecule has 0 aromatic carbocycles. The van der Waals surface area contributed by atoms with Gasteiger partial charge in [-0.2, -0.15) is 0 Å². The van der Waals surface area contributed by atoms with E-state index in [2.05, 4.69) is 0 Å². The van der Waals surface area contributed by atoms with Crippen molar-refractivity contribution in [1.82, 2.24) is 0 Å². The summed E-state index contributed by atoms with van der Waals surface area (Å²) >= 11 is 0. The van der Waals surface area contributed by atoms with E-state index in [0.29, 0.717) is 11.7 Å². The minimum Gasteiger partial charge on any atom is -0.366 e. The average Bonchev–Trinajstić information content (AvgIpc) is 2.75. The fourth-order valence-corrected chi connectivity index (χ4v) is 2.29. The minimum absolute atomic E-state index is 0.317. The second kappa shape index (κ2) is 2.76. The molecule has 0 aromatic rings. The second-order valence-electron chi connectivity index (χ2n) is 3.81. The normalized spacial score (nSPS) is 41.7. The molecule has 0 radical (unpaired) electrons. The number of rotatable bonds is 3. The molecule has 2 fully saturated rings. The average molecular weight is 155 g/mol. The maximum atomic E-state index is 5.71. The zero-order valence-electron chi connectivity index (χ0n) is 7.01. The summed E-state index contributed by atoms with van der Waals surface area (Å²) in [5, 5.41) is 0. The molecule has 2 aliphatic rings. The lowest BCUT2D eigenvalue weighted by atomic mass is 9.86. The number of nitrogens with two attached hydrogens (primary N) is 1. The summed E-state index contributed by atoms with van der Waals surface area (Å²) < 4.78 is 5.71. The molecule has 0 spiro atoms. The standard InChI is InChI=1S/C9H17NO/c10-7-3-6-9-5-2-1-4-8(9)11-9/h8H,1-7,10H2. The Hall–Kier alpha value is -0.0800. The summed E-state index contributed by atoms with van der Waals surface area (Å²) in [6, 6.07) is 0. The fourth-order valence-electron chi connectivity index (χ4n) is 2.29. The van der Waals surface area contributed by atoms with E-state index >= 15 is 0 Å². The minimum atomic E-state index is 0.317. The predicted molar refractivity (Wildman–Crippen MR) is 44.4 cm³/mol. The van der Waals surface area contributed by atoms with Gasteiger partial charge in [-0.25, -0.2) is 0 Å². The SMILES string of the molecule is NCCCC12CCCCC1O2. The highest BCUT2D eigenvalue weighted by atomic mass is 16.6. The summed E-state index contributed by atoms with van der Waals surface area (Å²) in [4.78, 5) is 0. The van der Waals surface area contributed by atoms with Crippen LogP contribution in [0.25, 0.3) is 0 Å². The van der Waals surface area contributed by atoms with Gasteiger partial charge in [0, 0.05) is 0 Å². The summed E-state index contributed by atoms with van der Waals surface area (Å²) in [6.07, 6.45) is 8.27. The maximum Gasteiger partial charge on any atom is 0.0948 e. The van der Waals surface area contributed by atoms with E-state index in [1.807, 2.05) is 0 Å². The molecule has 2 atom stereocenters. The third kappa shape index (κ3) is 1.30. The van der Waals surface area contributed by atoms with Crippen LogP contribution in [0.5, 0.6) is 0 Å². The van der Waals surface area contributed by atoms with Crippen molar-refractivity contribution >= 4 is 0 Å². The first-order valence-corrected chi connectivity index (χ1v) is 4.75. The zero-order valence-corrected chi connectivity index (χ0v) is 7.01. The highest BCUT2D eigenvalue weighted by Gasteiger charge is 2.55. The first kappa shape index (κ1) is 7.56. The number of ether oxygens (including phenoxy) is 1. The molecule has 2 heteroatoms. The number of fused-ring (bicyclic) bond motifs is 1. The van der Waals surface area contributed by atoms with E-state index in [9.17, 15) is 0 Å². The van der Waals surface area contributed by atoms with Crippen LogP contribution in [0.3, 0.4) is 0 Å². The van der Waals surface area contributed by atoms with Crippen LogP contribution in [-0.2, 0) is 4.74 Å². The van der Waals surface area contributed by atoms with Crippen LogP contribution in [0.4, 0.5) is 0 Å². The zero-order chi connectivity index (χ0) is 7.73. The molecule has 11 heavy (non-hydrogen) atoms. The van der Waals surface area contributed by atoms with Crippen molar-refractivity contribution in [2.45, 2.75) is 50.2 Å². The van der Waals surface area contributed by atoms with Crippen LogP contribution < -0.4 is 5.73 Å². The number of hydrogen-bond acceptors (Lipinski definition) is 2. The summed E-state index contributed by atoms with van der Waals surface area (Å²) in [5.41, 5.74) is 5.78. The van der Waals surface area contributed by atoms with Crippen molar-refractivity contribution < 1.29 is 4.74 Å². The molecule has 1 aliphatic heterocycles. The van der Waals surface area contributed by atoms with E-state index in [4.69, 9.17) is 10.5 Å². The van der Waals surface area contributed by atoms with E-state index in [1.54, 1.807) is 0 Å². The molecule has 1 saturated heterocycles. The van der Waals surface area contributed by atoms with Gasteiger partial charge in [0.05, 0.1) is 11.7 Å². The molecule has 1 heterocycles. The molecule has 2 rings (SSSR count). The van der Waals surface area contributed by atoms with E-state index in [0.717, 1.165) is 13.0 Å². The van der Waals surface area contributed by atoms with Crippen molar-refractivity contribution in [2.75, 3.05) is 6.54 Å². The molecule has 2 unspecified atom stereocenters. The Kier molecular flexibility index (Phi) is 1.90. The van der Waals surface area contributed by atoms with Crippen molar-refractivity contribution in [3.8, 4) is 0 Å². The van der Waals surface area contributed by atoms with Gasteiger partial charge < -0.3 is 10.5 Å². The Morgan fingerprint density at radius 3 is 3.09 bits per heavy atom. The highest BCUT2D eigenvalue weighted by molar-refractivity contribution is 5.04. The summed E-state index contributed by atoms with van der Waals surface area (Å²) in [5.74, 6) is 0. The van der Waals surface area contributed by atoms with Gasteiger partial charge in [0.2, 0.25) is 0 Å². The molecule has 2 N–H and O–H groups in total. The van der Waals surface area contributed by atoms with Crippen molar-refractivity contribution in [3.63, 3.8) is 0 Å². The van der Waals surface area contributed by atoms with Gasteiger partial charge in [-0.1, -0.05) is 12.8 Å². The van der Waals surface area contributed by atoms with Crippen LogP contribution in [0.1, 0.15) is 38.5 Å². The smallest absolute Gasteiger partial charge is 0.0948 e. The van der Waals surface area contributed by atoms with Gasteiger partial charge in [0.1, 0.15) is 0 Å². The Labute approximate surface area is 68.1 Å². The predicted octanol–water partition coefficient (Wildman–Crippen LogP) is 1.44. The molecular formula is C9H17NO. The lowest BCUT2D eigenvalue weighted by Gasteiger charge is -2.15. The van der Waals surface area contributed by atoms with Gasteiger partial charge >= 0.3 is 0 Å². The molecular weight excluding hydrogens is 138 g/mol. The van der Waals surface area contributed by atoms with Crippen molar-refractivity contribution in [1.29, 1.82) is 0 Å². The van der Waals surface area contributed by atoms with Crippen LogP contribution in [0, 0.1) is 0 Å². The Morgan fingerprint density at radius 1 is 1.45 bits per heavy atom. The van der Waals surface area contributed by atoms with E-state index in [-0.39, 0.29) is 0 Å². The Bertz CT molecular complexity index is 148. The van der Waals surface area contributed by atoms with Crippen LogP contribution >= 0.6 is 0 Å². The maximum absolute atomic E-state index is 5.71. The van der Waals surface area contributed by atoms with Gasteiger partial charge in [0.25, 0.3) is 0 Å². The first-order valence-electron chi connectivity index (χ1n) is 4.75. The largest absolute Gasteiger partial charge is 0.366 e. The van der Waals surface area contributed by atoms with Crippen molar-refractivity contribution in [2.24, 2.45) is 5.73 Å². The third-order valence-electron chi connectivity index (χ3n) is 3.03. The highest BCUT2D eigenvalue weighted by Crippen LogP contribution is 2.50. The van der Waals surface area contributed by atoms with Crippen LogP contribution in [0.15, 0.2) is 0 Å². The number of epoxide rings is 1. The molecule has 64 valence electrons. The fraction of sp³-hybridized carbons (Fsp3) is 1.00. The Morgan fingerprint density at radius 2 is 2.36 bits per heavy atom. The lowest BCUT2D eigenvalue weighted by Crippen LogP contribution is -2.20. The van der Waals surface area contributed by atoms with Crippen molar-refractivity contribution in [3.05, 3.63) is 0 Å². The van der Waals surface area contributed by atoms with Crippen LogP contribution in [0.2, 0.25) is 0 Å². The first-order chi connectivity index (χ1) is 5.37. The molecule has 2 nitrogen and oxygen atoms in total. The molecule has 1 saturated carbocycles. The van der Waals surface area contributed by atoms with E-state index in [1.165, 1.54) is 32.1 Å². The summed E-state index contributed by atoms with van der Waals surface area (Å²) in [7, 11) is 0. The summed E-state index contributed by atoms with van der Waals surface area (Å²) in [6.45, 7) is 0.817. The van der Waals surface area contributed by atoms with Gasteiger partial charge in [-0.05, 0) is 32.2 Å².